The summed E-state index contributed by atoms with van der Waals surface area (Å²) in [6, 6.07) is 4.28. The summed E-state index contributed by atoms with van der Waals surface area (Å²) < 4.78 is 13.4. The van der Waals surface area contributed by atoms with Gasteiger partial charge in [0.2, 0.25) is 0 Å². The molecule has 25 heavy (non-hydrogen) atoms. The van der Waals surface area contributed by atoms with E-state index < -0.39 is 5.82 Å². The van der Waals surface area contributed by atoms with Crippen LogP contribution >= 0.6 is 35.3 Å². The van der Waals surface area contributed by atoms with E-state index in [1.165, 1.54) is 12.1 Å². The van der Waals surface area contributed by atoms with E-state index in [2.05, 4.69) is 39.8 Å². The van der Waals surface area contributed by atoms with Gasteiger partial charge in [-0.15, -0.1) is 35.3 Å². The molecule has 0 aliphatic rings. The van der Waals surface area contributed by atoms with Gasteiger partial charge in [0.05, 0.1) is 18.8 Å². The van der Waals surface area contributed by atoms with Crippen molar-refractivity contribution in [3.8, 4) is 5.75 Å². The number of aromatic hydroxyl groups is 1. The van der Waals surface area contributed by atoms with Crippen molar-refractivity contribution in [3.05, 3.63) is 45.7 Å². The van der Waals surface area contributed by atoms with Crippen LogP contribution in [-0.2, 0) is 13.1 Å². The Kier molecular flexibility index (Phi) is 9.12. The third-order valence-electron chi connectivity index (χ3n) is 3.34. The van der Waals surface area contributed by atoms with Crippen molar-refractivity contribution < 1.29 is 9.50 Å². The van der Waals surface area contributed by atoms with E-state index in [4.69, 9.17) is 0 Å². The molecule has 0 aliphatic carbocycles. The number of phenolic OH excluding ortho intramolecular Hbond substituents is 1. The topological polar surface area (TPSA) is 69.5 Å². The van der Waals surface area contributed by atoms with Gasteiger partial charge in [0.25, 0.3) is 0 Å². The number of thiazole rings is 1. The summed E-state index contributed by atoms with van der Waals surface area (Å²) in [4.78, 5) is 9.01. The average Bonchev–Trinajstić information content (AvgIpc) is 3.02. The largest absolute Gasteiger partial charge is 0.505 e. The quantitative estimate of drug-likeness (QED) is 0.334. The van der Waals surface area contributed by atoms with E-state index in [0.29, 0.717) is 30.5 Å². The Morgan fingerprint density at radius 3 is 2.72 bits per heavy atom. The van der Waals surface area contributed by atoms with Crippen molar-refractivity contribution >= 4 is 41.3 Å². The van der Waals surface area contributed by atoms with Gasteiger partial charge in [0, 0.05) is 11.9 Å². The summed E-state index contributed by atoms with van der Waals surface area (Å²) in [6.07, 6.45) is 0. The highest BCUT2D eigenvalue weighted by molar-refractivity contribution is 14.0. The Bertz CT molecular complexity index is 706. The van der Waals surface area contributed by atoms with Crippen LogP contribution in [-0.4, -0.2) is 22.6 Å². The van der Waals surface area contributed by atoms with Crippen LogP contribution in [0.5, 0.6) is 5.75 Å². The molecule has 3 N–H and O–H groups in total. The van der Waals surface area contributed by atoms with Gasteiger partial charge in [-0.25, -0.2) is 14.4 Å². The second-order valence-corrected chi connectivity index (χ2v) is 6.60. The van der Waals surface area contributed by atoms with Crippen LogP contribution in [0.4, 0.5) is 4.39 Å². The van der Waals surface area contributed by atoms with E-state index in [9.17, 15) is 9.50 Å². The molecule has 0 saturated heterocycles. The molecule has 1 aromatic carbocycles. The molecule has 0 amide bonds. The number of hydrogen-bond acceptors (Lipinski definition) is 4. The maximum absolute atomic E-state index is 13.4. The fourth-order valence-electron chi connectivity index (χ4n) is 1.99. The van der Waals surface area contributed by atoms with Gasteiger partial charge in [-0.1, -0.05) is 19.9 Å². The second-order valence-electron chi connectivity index (χ2n) is 5.66. The molecule has 0 unspecified atom stereocenters. The number of nitrogens with zero attached hydrogens (tertiary/aromatic N) is 2. The molecule has 138 valence electrons. The fourth-order valence-corrected chi connectivity index (χ4v) is 2.89. The monoisotopic (exact) mass is 478 g/mol. The number of hydrogen-bond donors (Lipinski definition) is 3. The highest BCUT2D eigenvalue weighted by Crippen LogP contribution is 2.18. The first kappa shape index (κ1) is 21.6. The van der Waals surface area contributed by atoms with Crippen molar-refractivity contribution in [1.82, 2.24) is 15.6 Å². The number of guanidine groups is 1. The van der Waals surface area contributed by atoms with Crippen molar-refractivity contribution in [3.63, 3.8) is 0 Å². The van der Waals surface area contributed by atoms with Crippen LogP contribution in [0.25, 0.3) is 0 Å². The summed E-state index contributed by atoms with van der Waals surface area (Å²) in [6.45, 7) is 7.86. The summed E-state index contributed by atoms with van der Waals surface area (Å²) in [7, 11) is 0. The molecule has 0 radical (unpaired) electrons. The maximum atomic E-state index is 13.4. The summed E-state index contributed by atoms with van der Waals surface area (Å²) >= 11 is 1.62. The van der Waals surface area contributed by atoms with Crippen LogP contribution in [0, 0.1) is 5.82 Å². The zero-order valence-electron chi connectivity index (χ0n) is 14.5. The molecule has 0 spiro atoms. The Balaban J connectivity index is 0.00000312. The van der Waals surface area contributed by atoms with Crippen LogP contribution in [0.1, 0.15) is 43.0 Å². The lowest BCUT2D eigenvalue weighted by atomic mass is 10.2. The minimum atomic E-state index is -0.635. The Labute approximate surface area is 168 Å². The van der Waals surface area contributed by atoms with Crippen LogP contribution in [0.15, 0.2) is 28.6 Å². The molecular weight excluding hydrogens is 454 g/mol. The normalized spacial score (nSPS) is 11.3. The average molecular weight is 478 g/mol. The number of halogens is 2. The molecule has 5 nitrogen and oxygen atoms in total. The summed E-state index contributed by atoms with van der Waals surface area (Å²) in [5.74, 6) is 0.0794. The van der Waals surface area contributed by atoms with Gasteiger partial charge in [0.15, 0.2) is 17.5 Å². The third kappa shape index (κ3) is 6.77. The van der Waals surface area contributed by atoms with Crippen LogP contribution in [0.2, 0.25) is 0 Å². The smallest absolute Gasteiger partial charge is 0.191 e. The number of aliphatic imine (C=N–C) groups is 1. The molecule has 0 bridgehead atoms. The van der Waals surface area contributed by atoms with Crippen molar-refractivity contribution in [2.24, 2.45) is 4.99 Å². The van der Waals surface area contributed by atoms with Gasteiger partial charge in [-0.3, -0.25) is 0 Å². The Morgan fingerprint density at radius 2 is 2.12 bits per heavy atom. The SMILES string of the molecule is CCNC(=NCc1ccc(O)c(F)c1)NCc1nc(C(C)C)cs1.I. The highest BCUT2D eigenvalue weighted by atomic mass is 127. The van der Waals surface area contributed by atoms with E-state index >= 15 is 0 Å². The number of aromatic nitrogens is 1. The fraction of sp³-hybridized carbons (Fsp3) is 0.412. The number of benzene rings is 1. The second kappa shape index (κ2) is 10.5. The standard InChI is InChI=1S/C17H23FN4OS.HI/c1-4-19-17(20-8-12-5-6-15(23)13(18)7-12)21-9-16-22-14(10-24-16)11(2)3;/h5-7,10-11,23H,4,8-9H2,1-3H3,(H2,19,20,21);1H. The first-order chi connectivity index (χ1) is 11.5. The zero-order chi connectivity index (χ0) is 17.5. The summed E-state index contributed by atoms with van der Waals surface area (Å²) in [5.41, 5.74) is 1.79. The number of phenols is 1. The predicted octanol–water partition coefficient (Wildman–Crippen LogP) is 3.98. The van der Waals surface area contributed by atoms with E-state index in [-0.39, 0.29) is 29.7 Å². The lowest BCUT2D eigenvalue weighted by Crippen LogP contribution is -2.36. The lowest BCUT2D eigenvalue weighted by Gasteiger charge is -2.10. The minimum Gasteiger partial charge on any atom is -0.505 e. The van der Waals surface area contributed by atoms with Crippen molar-refractivity contribution in [1.29, 1.82) is 0 Å². The minimum absolute atomic E-state index is 0. The third-order valence-corrected chi connectivity index (χ3v) is 4.21. The molecule has 1 heterocycles. The number of nitrogens with one attached hydrogen (secondary N) is 2. The van der Waals surface area contributed by atoms with E-state index in [0.717, 1.165) is 17.2 Å². The first-order valence-corrected chi connectivity index (χ1v) is 8.81. The molecule has 0 atom stereocenters. The Hall–Kier alpha value is -1.42. The molecule has 0 aliphatic heterocycles. The molecule has 0 saturated carbocycles. The Morgan fingerprint density at radius 1 is 1.36 bits per heavy atom. The first-order valence-electron chi connectivity index (χ1n) is 7.93. The van der Waals surface area contributed by atoms with E-state index in [1.54, 1.807) is 17.4 Å². The van der Waals surface area contributed by atoms with E-state index in [1.807, 2.05) is 6.92 Å². The van der Waals surface area contributed by atoms with Gasteiger partial charge < -0.3 is 15.7 Å². The molecule has 8 heteroatoms. The zero-order valence-corrected chi connectivity index (χ0v) is 17.7. The molecular formula is C17H24FIN4OS. The maximum Gasteiger partial charge on any atom is 0.191 e. The molecule has 1 aromatic heterocycles. The van der Waals surface area contributed by atoms with Crippen molar-refractivity contribution in [2.45, 2.75) is 39.8 Å². The number of rotatable bonds is 6. The molecule has 2 aromatic rings. The summed E-state index contributed by atoms with van der Waals surface area (Å²) in [5, 5.41) is 18.7. The van der Waals surface area contributed by atoms with Gasteiger partial charge in [-0.05, 0) is 30.5 Å². The van der Waals surface area contributed by atoms with Crippen LogP contribution in [0.3, 0.4) is 0 Å². The lowest BCUT2D eigenvalue weighted by molar-refractivity contribution is 0.432. The predicted molar refractivity (Wildman–Crippen MR) is 111 cm³/mol. The van der Waals surface area contributed by atoms with Crippen molar-refractivity contribution in [2.75, 3.05) is 6.54 Å². The highest BCUT2D eigenvalue weighted by Gasteiger charge is 2.07. The van der Waals surface area contributed by atoms with Crippen LogP contribution < -0.4 is 10.6 Å². The van der Waals surface area contributed by atoms with Gasteiger partial charge >= 0.3 is 0 Å². The van der Waals surface area contributed by atoms with Gasteiger partial charge in [0.1, 0.15) is 5.01 Å². The molecule has 2 rings (SSSR count). The van der Waals surface area contributed by atoms with Gasteiger partial charge in [-0.2, -0.15) is 0 Å². The molecule has 0 fully saturated rings.